The van der Waals surface area contributed by atoms with E-state index < -0.39 is 16.7 Å². The number of hydrogen-bond acceptors (Lipinski definition) is 5. The monoisotopic (exact) mass is 315 g/mol. The molecule has 0 saturated heterocycles. The average molecular weight is 315 g/mol. The predicted molar refractivity (Wildman–Crippen MR) is 82.6 cm³/mol. The predicted octanol–water partition coefficient (Wildman–Crippen LogP) is 1.95. The van der Waals surface area contributed by atoms with Crippen LogP contribution in [0.15, 0.2) is 42.5 Å². The summed E-state index contributed by atoms with van der Waals surface area (Å²) in [5.41, 5.74) is 5.17. The van der Waals surface area contributed by atoms with Crippen LogP contribution < -0.4 is 15.8 Å². The fourth-order valence-corrected chi connectivity index (χ4v) is 1.93. The molecule has 0 aliphatic carbocycles. The molecule has 2 aromatic carbocycles. The second-order valence-corrected chi connectivity index (χ2v) is 4.54. The van der Waals surface area contributed by atoms with Crippen LogP contribution in [0.2, 0.25) is 0 Å². The molecule has 0 spiro atoms. The Kier molecular flexibility index (Phi) is 4.55. The summed E-state index contributed by atoms with van der Waals surface area (Å²) in [5, 5.41) is 13.5. The molecule has 0 unspecified atom stereocenters. The van der Waals surface area contributed by atoms with E-state index in [2.05, 4.69) is 5.32 Å². The number of nitrogens with two attached hydrogens (primary N) is 1. The van der Waals surface area contributed by atoms with E-state index >= 15 is 0 Å². The van der Waals surface area contributed by atoms with Crippen molar-refractivity contribution in [3.05, 3.63) is 63.7 Å². The number of benzene rings is 2. The van der Waals surface area contributed by atoms with Crippen molar-refractivity contribution in [1.82, 2.24) is 0 Å². The molecule has 8 nitrogen and oxygen atoms in total. The third kappa shape index (κ3) is 3.62. The lowest BCUT2D eigenvalue weighted by molar-refractivity contribution is -0.385. The summed E-state index contributed by atoms with van der Waals surface area (Å²) in [6.07, 6.45) is 0. The van der Waals surface area contributed by atoms with E-state index in [0.717, 1.165) is 0 Å². The van der Waals surface area contributed by atoms with Gasteiger partial charge in [0, 0.05) is 17.3 Å². The number of hydrogen-bond donors (Lipinski definition) is 2. The minimum Gasteiger partial charge on any atom is -0.497 e. The highest BCUT2D eigenvalue weighted by atomic mass is 16.6. The van der Waals surface area contributed by atoms with Crippen molar-refractivity contribution in [2.45, 2.75) is 0 Å². The van der Waals surface area contributed by atoms with Gasteiger partial charge in [-0.2, -0.15) is 0 Å². The zero-order valence-electron chi connectivity index (χ0n) is 12.1. The Balaban J connectivity index is 2.35. The molecule has 0 aliphatic rings. The number of carbonyl (C=O) groups is 2. The molecule has 2 aromatic rings. The molecule has 23 heavy (non-hydrogen) atoms. The van der Waals surface area contributed by atoms with E-state index in [0.29, 0.717) is 11.4 Å². The van der Waals surface area contributed by atoms with Crippen molar-refractivity contribution in [3.8, 4) is 5.75 Å². The van der Waals surface area contributed by atoms with E-state index in [1.165, 1.54) is 49.6 Å². The number of nitrogens with zero attached hydrogens (tertiary/aromatic N) is 1. The van der Waals surface area contributed by atoms with E-state index in [1.54, 1.807) is 0 Å². The summed E-state index contributed by atoms with van der Waals surface area (Å²) in [7, 11) is 1.39. The Morgan fingerprint density at radius 2 is 1.96 bits per heavy atom. The summed E-state index contributed by atoms with van der Waals surface area (Å²) in [5.74, 6) is -1.03. The normalized spacial score (nSPS) is 9.96. The summed E-state index contributed by atoms with van der Waals surface area (Å²) in [6, 6.07) is 9.80. The highest BCUT2D eigenvalue weighted by Gasteiger charge is 2.21. The molecule has 8 heteroatoms. The lowest BCUT2D eigenvalue weighted by Crippen LogP contribution is -2.15. The lowest BCUT2D eigenvalue weighted by Gasteiger charge is -2.08. The van der Waals surface area contributed by atoms with Gasteiger partial charge >= 0.3 is 0 Å². The largest absolute Gasteiger partial charge is 0.497 e. The summed E-state index contributed by atoms with van der Waals surface area (Å²) in [4.78, 5) is 33.8. The Morgan fingerprint density at radius 3 is 2.57 bits per heavy atom. The molecule has 3 N–H and O–H groups in total. The molecule has 0 atom stereocenters. The van der Waals surface area contributed by atoms with Gasteiger partial charge in [-0.15, -0.1) is 0 Å². The van der Waals surface area contributed by atoms with Crippen LogP contribution in [0.5, 0.6) is 5.75 Å². The standard InChI is InChI=1S/C15H13N3O5/c1-23-11-5-6-13(18(21)22)12(8-11)15(20)17-10-4-2-3-9(7-10)14(16)19/h2-8H,1H3,(H2,16,19)(H,17,20). The summed E-state index contributed by atoms with van der Waals surface area (Å²) in [6.45, 7) is 0. The fraction of sp³-hybridized carbons (Fsp3) is 0.0667. The fourth-order valence-electron chi connectivity index (χ4n) is 1.93. The minimum atomic E-state index is -0.697. The van der Waals surface area contributed by atoms with Crippen LogP contribution >= 0.6 is 0 Å². The van der Waals surface area contributed by atoms with Gasteiger partial charge in [0.15, 0.2) is 0 Å². The molecule has 0 heterocycles. The van der Waals surface area contributed by atoms with Gasteiger partial charge in [-0.3, -0.25) is 19.7 Å². The van der Waals surface area contributed by atoms with Crippen LogP contribution in [0, 0.1) is 10.1 Å². The van der Waals surface area contributed by atoms with Gasteiger partial charge in [0.05, 0.1) is 12.0 Å². The van der Waals surface area contributed by atoms with Crippen molar-refractivity contribution < 1.29 is 19.2 Å². The summed E-state index contributed by atoms with van der Waals surface area (Å²) < 4.78 is 4.98. The Morgan fingerprint density at radius 1 is 1.22 bits per heavy atom. The van der Waals surface area contributed by atoms with Gasteiger partial charge < -0.3 is 15.8 Å². The maximum atomic E-state index is 12.3. The molecule has 0 aromatic heterocycles. The third-order valence-electron chi connectivity index (χ3n) is 3.05. The van der Waals surface area contributed by atoms with Gasteiger partial charge in [0.1, 0.15) is 11.3 Å². The zero-order valence-corrected chi connectivity index (χ0v) is 12.1. The molecular formula is C15H13N3O5. The molecule has 0 bridgehead atoms. The van der Waals surface area contributed by atoms with Crippen LogP contribution in [-0.2, 0) is 0 Å². The first-order chi connectivity index (χ1) is 10.9. The van der Waals surface area contributed by atoms with Crippen molar-refractivity contribution in [2.24, 2.45) is 5.73 Å². The van der Waals surface area contributed by atoms with E-state index in [9.17, 15) is 19.7 Å². The molecular weight excluding hydrogens is 302 g/mol. The van der Waals surface area contributed by atoms with Crippen LogP contribution in [0.25, 0.3) is 0 Å². The number of anilines is 1. The number of methoxy groups -OCH3 is 1. The second kappa shape index (κ2) is 6.56. The first-order valence-corrected chi connectivity index (χ1v) is 6.46. The Hall–Kier alpha value is -3.42. The van der Waals surface area contributed by atoms with Gasteiger partial charge in [-0.05, 0) is 30.3 Å². The number of nitrogens with one attached hydrogen (secondary N) is 1. The number of ether oxygens (including phenoxy) is 1. The molecule has 0 saturated carbocycles. The highest BCUT2D eigenvalue weighted by molar-refractivity contribution is 6.07. The molecule has 2 amide bonds. The highest BCUT2D eigenvalue weighted by Crippen LogP contribution is 2.25. The van der Waals surface area contributed by atoms with Crippen LogP contribution in [0.4, 0.5) is 11.4 Å². The SMILES string of the molecule is COc1ccc([N+](=O)[O-])c(C(=O)Nc2cccc(C(N)=O)c2)c1. The molecule has 2 rings (SSSR count). The van der Waals surface area contributed by atoms with Gasteiger partial charge in [0.2, 0.25) is 5.91 Å². The van der Waals surface area contributed by atoms with Gasteiger partial charge in [-0.1, -0.05) is 6.07 Å². The smallest absolute Gasteiger partial charge is 0.282 e. The average Bonchev–Trinajstić information content (AvgIpc) is 2.54. The quantitative estimate of drug-likeness (QED) is 0.644. The number of nitro benzene ring substituents is 1. The Bertz CT molecular complexity index is 788. The van der Waals surface area contributed by atoms with Crippen molar-refractivity contribution in [1.29, 1.82) is 0 Å². The van der Waals surface area contributed by atoms with Crippen LogP contribution in [-0.4, -0.2) is 23.8 Å². The maximum absolute atomic E-state index is 12.3. The van der Waals surface area contributed by atoms with Gasteiger partial charge in [0.25, 0.3) is 11.6 Å². The van der Waals surface area contributed by atoms with E-state index in [1.807, 2.05) is 0 Å². The van der Waals surface area contributed by atoms with Crippen molar-refractivity contribution in [2.75, 3.05) is 12.4 Å². The first kappa shape index (κ1) is 16.0. The molecule has 118 valence electrons. The van der Waals surface area contributed by atoms with Gasteiger partial charge in [-0.25, -0.2) is 0 Å². The number of amides is 2. The number of nitro groups is 1. The Labute approximate surface area is 131 Å². The van der Waals surface area contributed by atoms with E-state index in [4.69, 9.17) is 10.5 Å². The molecule has 0 aliphatic heterocycles. The molecule has 0 radical (unpaired) electrons. The lowest BCUT2D eigenvalue weighted by atomic mass is 10.1. The molecule has 0 fully saturated rings. The van der Waals surface area contributed by atoms with E-state index in [-0.39, 0.29) is 16.8 Å². The zero-order chi connectivity index (χ0) is 17.0. The van der Waals surface area contributed by atoms with Crippen LogP contribution in [0.1, 0.15) is 20.7 Å². The number of carbonyl (C=O) groups excluding carboxylic acids is 2. The first-order valence-electron chi connectivity index (χ1n) is 6.46. The van der Waals surface area contributed by atoms with Crippen molar-refractivity contribution in [3.63, 3.8) is 0 Å². The topological polar surface area (TPSA) is 125 Å². The third-order valence-corrected chi connectivity index (χ3v) is 3.05. The number of primary amides is 1. The van der Waals surface area contributed by atoms with Crippen molar-refractivity contribution >= 4 is 23.2 Å². The maximum Gasteiger partial charge on any atom is 0.282 e. The number of rotatable bonds is 5. The minimum absolute atomic E-state index is 0.154. The summed E-state index contributed by atoms with van der Waals surface area (Å²) >= 11 is 0. The second-order valence-electron chi connectivity index (χ2n) is 4.54. The van der Waals surface area contributed by atoms with Crippen LogP contribution in [0.3, 0.4) is 0 Å².